The predicted octanol–water partition coefficient (Wildman–Crippen LogP) is 13.2. The van der Waals surface area contributed by atoms with Crippen LogP contribution in [-0.2, 0) is 22.7 Å². The maximum absolute atomic E-state index is 16.3. The highest BCUT2D eigenvalue weighted by Crippen LogP contribution is 2.46. The molecule has 2 unspecified atom stereocenters. The Bertz CT molecular complexity index is 2300. The van der Waals surface area contributed by atoms with Gasteiger partial charge in [0.15, 0.2) is 0 Å². The van der Waals surface area contributed by atoms with Crippen LogP contribution in [0, 0.1) is 12.7 Å². The van der Waals surface area contributed by atoms with E-state index in [9.17, 15) is 4.39 Å². The summed E-state index contributed by atoms with van der Waals surface area (Å²) in [6.45, 7) is 19.8. The van der Waals surface area contributed by atoms with Crippen molar-refractivity contribution in [1.29, 1.82) is 0 Å². The minimum Gasteiger partial charge on any atom is -0.324 e. The van der Waals surface area contributed by atoms with Crippen LogP contribution in [0.1, 0.15) is 182 Å². The third-order valence-corrected chi connectivity index (χ3v) is 16.1. The lowest BCUT2D eigenvalue weighted by atomic mass is 9.80. The molecule has 2 aliphatic carbocycles. The molecule has 2 heterocycles. The summed E-state index contributed by atoms with van der Waals surface area (Å²) in [6.07, 6.45) is 8.67. The Kier molecular flexibility index (Phi) is 15.2. The van der Waals surface area contributed by atoms with Gasteiger partial charge in [0, 0.05) is 37.6 Å². The second kappa shape index (κ2) is 20.9. The van der Waals surface area contributed by atoms with Crippen molar-refractivity contribution in [3.63, 3.8) is 0 Å². The number of carbonyl (C=O) groups is 4. The van der Waals surface area contributed by atoms with Crippen LogP contribution in [0.3, 0.4) is 0 Å². The number of rotatable bonds is 15. The molecule has 2 spiro atoms. The van der Waals surface area contributed by atoms with Crippen molar-refractivity contribution in [2.24, 2.45) is 0 Å². The Morgan fingerprint density at radius 2 is 0.843 bits per heavy atom. The first-order valence-electron chi connectivity index (χ1n) is 26.3. The first kappa shape index (κ1) is 50.7. The number of urea groups is 2. The van der Waals surface area contributed by atoms with E-state index < -0.39 is 35.0 Å². The molecular weight excluding hydrogens is 876 g/mol. The Morgan fingerprint density at radius 1 is 0.514 bits per heavy atom. The number of amides is 6. The van der Waals surface area contributed by atoms with Gasteiger partial charge in [-0.15, -0.1) is 0 Å². The van der Waals surface area contributed by atoms with Crippen LogP contribution < -0.4 is 10.6 Å². The van der Waals surface area contributed by atoms with Gasteiger partial charge in [0.2, 0.25) is 11.8 Å². The molecule has 4 fully saturated rings. The smallest absolute Gasteiger partial charge is 0.321 e. The highest BCUT2D eigenvalue weighted by Gasteiger charge is 2.60. The summed E-state index contributed by atoms with van der Waals surface area (Å²) < 4.78 is 14.3. The van der Waals surface area contributed by atoms with Crippen LogP contribution in [0.4, 0.5) is 25.4 Å². The second-order valence-corrected chi connectivity index (χ2v) is 22.3. The van der Waals surface area contributed by atoms with Gasteiger partial charge in [0.1, 0.15) is 17.9 Å². The maximum atomic E-state index is 16.3. The topological polar surface area (TPSA) is 105 Å². The average molecular weight is 953 g/mol. The second-order valence-electron chi connectivity index (χ2n) is 22.3. The highest BCUT2D eigenvalue weighted by atomic mass is 19.1. The summed E-state index contributed by atoms with van der Waals surface area (Å²) in [6, 6.07) is 23.1. The Labute approximate surface area is 416 Å². The van der Waals surface area contributed by atoms with E-state index in [1.807, 2.05) is 53.1 Å². The van der Waals surface area contributed by atoms with E-state index in [1.54, 1.807) is 21.9 Å². The average Bonchev–Trinajstić information content (AvgIpc) is 3.73. The summed E-state index contributed by atoms with van der Waals surface area (Å²) in [7, 11) is 0. The van der Waals surface area contributed by atoms with Crippen molar-refractivity contribution in [2.75, 3.05) is 23.7 Å². The largest absolute Gasteiger partial charge is 0.324 e. The van der Waals surface area contributed by atoms with Crippen molar-refractivity contribution in [1.82, 2.24) is 19.6 Å². The third-order valence-electron chi connectivity index (χ3n) is 16.1. The van der Waals surface area contributed by atoms with Gasteiger partial charge in [-0.25, -0.2) is 14.0 Å². The summed E-state index contributed by atoms with van der Waals surface area (Å²) in [5, 5.41) is 6.81. The molecule has 11 heteroatoms. The fraction of sp³-hybridized carbons (Fsp3) is 0.525. The highest BCUT2D eigenvalue weighted by molar-refractivity contribution is 6.07. The fourth-order valence-electron chi connectivity index (χ4n) is 12.2. The molecule has 0 radical (unpaired) electrons. The lowest BCUT2D eigenvalue weighted by Gasteiger charge is -2.41. The molecular formula is C59H77FN6O4. The normalized spacial score (nSPS) is 18.8. The van der Waals surface area contributed by atoms with Crippen LogP contribution >= 0.6 is 0 Å². The van der Waals surface area contributed by atoms with E-state index in [4.69, 9.17) is 0 Å². The number of nitrogens with one attached hydrogen (secondary N) is 2. The molecule has 4 aromatic rings. The molecule has 2 N–H and O–H groups in total. The molecule has 6 amide bonds. The molecule has 10 nitrogen and oxygen atoms in total. The molecule has 70 heavy (non-hydrogen) atoms. The van der Waals surface area contributed by atoms with Crippen LogP contribution in [0.25, 0.3) is 0 Å². The molecule has 4 aliphatic rings. The molecule has 0 aromatic heterocycles. The van der Waals surface area contributed by atoms with Crippen LogP contribution in [-0.4, -0.2) is 79.7 Å². The Morgan fingerprint density at radius 3 is 1.17 bits per heavy atom. The monoisotopic (exact) mass is 953 g/mol. The zero-order chi connectivity index (χ0) is 50.1. The van der Waals surface area contributed by atoms with Gasteiger partial charge in [-0.1, -0.05) is 172 Å². The number of aryl methyl sites for hydroxylation is 1. The first-order valence-corrected chi connectivity index (χ1v) is 26.3. The van der Waals surface area contributed by atoms with E-state index in [2.05, 4.69) is 90.3 Å². The first-order chi connectivity index (χ1) is 33.4. The lowest BCUT2D eigenvalue weighted by molar-refractivity contribution is -0.130. The number of carbonyl (C=O) groups excluding carboxylic acids is 4. The van der Waals surface area contributed by atoms with Gasteiger partial charge in [-0.05, 0) is 102 Å². The standard InChI is InChI=1S/C59H77FN6O4/c1-38(2)46-18-16-19-47(39(3)4)50(46)61-54(67)52(63-36-58(30-12-10-13-31-58)65(56(63)69)34-43-24-22-42(9)23-25-43)53(55(68)62-51-48(40(5)6)20-17-21-49(51)41(7)8)64-37-59(32-14-11-15-33-59)66(57(64)70)35-44-26-28-45(60)29-27-44/h16-29,38-41,52-53H,10-15,30-37H2,1-9H3,(H,61,67)(H,62,68). The van der Waals surface area contributed by atoms with Crippen LogP contribution in [0.5, 0.6) is 0 Å². The van der Waals surface area contributed by atoms with E-state index in [1.165, 1.54) is 12.1 Å². The van der Waals surface area contributed by atoms with E-state index in [-0.39, 0.29) is 61.2 Å². The number of benzene rings is 4. The minimum atomic E-state index is -1.44. The van der Waals surface area contributed by atoms with Crippen molar-refractivity contribution in [3.05, 3.63) is 130 Å². The summed E-state index contributed by atoms with van der Waals surface area (Å²) in [5.74, 6) is -1.20. The van der Waals surface area contributed by atoms with Gasteiger partial charge in [-0.3, -0.25) is 9.59 Å². The molecule has 8 rings (SSSR count). The quantitative estimate of drug-likeness (QED) is 0.124. The fourth-order valence-corrected chi connectivity index (χ4v) is 12.2. The van der Waals surface area contributed by atoms with Gasteiger partial charge in [-0.2, -0.15) is 0 Å². The van der Waals surface area contributed by atoms with Crippen molar-refractivity contribution < 1.29 is 23.6 Å². The van der Waals surface area contributed by atoms with Gasteiger partial charge in [0.25, 0.3) is 0 Å². The van der Waals surface area contributed by atoms with Crippen LogP contribution in [0.2, 0.25) is 0 Å². The minimum absolute atomic E-state index is 0.0420. The summed E-state index contributed by atoms with van der Waals surface area (Å²) >= 11 is 0. The Hall–Kier alpha value is -5.71. The summed E-state index contributed by atoms with van der Waals surface area (Å²) in [4.78, 5) is 71.4. The number of halogens is 1. The van der Waals surface area contributed by atoms with Crippen molar-refractivity contribution >= 4 is 35.3 Å². The molecule has 0 bridgehead atoms. The molecule has 2 saturated carbocycles. The number of para-hydroxylation sites is 2. The lowest BCUT2D eigenvalue weighted by Crippen LogP contribution is -2.63. The van der Waals surface area contributed by atoms with Crippen LogP contribution in [0.15, 0.2) is 84.9 Å². The Balaban J connectivity index is 1.34. The van der Waals surface area contributed by atoms with E-state index in [0.29, 0.717) is 30.8 Å². The van der Waals surface area contributed by atoms with Crippen molar-refractivity contribution in [3.8, 4) is 0 Å². The SMILES string of the molecule is Cc1ccc(CN2C(=O)N(C(C(=O)Nc3c(C(C)C)cccc3C(C)C)C(C(=O)Nc3c(C(C)C)cccc3C(C)C)N3CC4(CCCCC4)N(Cc4ccc(F)cc4)C3=O)CC23CCCCC3)cc1. The third kappa shape index (κ3) is 10.1. The predicted molar refractivity (Wildman–Crippen MR) is 279 cm³/mol. The van der Waals surface area contributed by atoms with E-state index in [0.717, 1.165) is 90.3 Å². The molecule has 2 saturated heterocycles. The molecule has 4 aromatic carbocycles. The number of hydrogen-bond acceptors (Lipinski definition) is 4. The van der Waals surface area contributed by atoms with E-state index >= 15 is 19.2 Å². The zero-order valence-corrected chi connectivity index (χ0v) is 43.2. The number of hydrogen-bond donors (Lipinski definition) is 2. The summed E-state index contributed by atoms with van der Waals surface area (Å²) in [5.41, 5.74) is 6.79. The van der Waals surface area contributed by atoms with Crippen molar-refractivity contribution in [2.45, 2.75) is 186 Å². The maximum Gasteiger partial charge on any atom is 0.321 e. The molecule has 2 aliphatic heterocycles. The number of anilines is 2. The molecule has 2 atom stereocenters. The van der Waals surface area contributed by atoms with Gasteiger partial charge >= 0.3 is 12.1 Å². The van der Waals surface area contributed by atoms with Gasteiger partial charge in [0.05, 0.1) is 11.1 Å². The van der Waals surface area contributed by atoms with Gasteiger partial charge < -0.3 is 30.2 Å². The molecule has 374 valence electrons. The number of nitrogens with zero attached hydrogens (tertiary/aromatic N) is 4. The zero-order valence-electron chi connectivity index (χ0n) is 43.2.